The molecule has 0 saturated carbocycles. The Kier molecular flexibility index (Phi) is 6.99. The van der Waals surface area contributed by atoms with Crippen LogP contribution in [0.25, 0.3) is 11.0 Å². The fourth-order valence-electron chi connectivity index (χ4n) is 4.79. The number of likely N-dealkylation sites (tertiary alicyclic amines) is 1. The van der Waals surface area contributed by atoms with Crippen molar-refractivity contribution in [2.24, 2.45) is 0 Å². The standard InChI is InChI=1S/C25H32ClN5O2/c1-2-31-25-23(16-28-31)24(29-20-8-12-32-13-9-20)18(15-27-25)17-30-10-6-21(7-11-30)33-22-5-3-4-19(26)14-22/h3-5,14-16,20-21H,2,6-13,17H2,1H3,(H,27,29). The highest BCUT2D eigenvalue weighted by atomic mass is 35.5. The smallest absolute Gasteiger partial charge is 0.159 e. The van der Waals surface area contributed by atoms with Gasteiger partial charge in [-0.3, -0.25) is 4.90 Å². The molecular weight excluding hydrogens is 438 g/mol. The van der Waals surface area contributed by atoms with Gasteiger partial charge in [-0.05, 0) is 50.8 Å². The van der Waals surface area contributed by atoms with Gasteiger partial charge >= 0.3 is 0 Å². The maximum Gasteiger partial charge on any atom is 0.159 e. The first-order valence-electron chi connectivity index (χ1n) is 12.0. The Labute approximate surface area is 200 Å². The van der Waals surface area contributed by atoms with Crippen LogP contribution in [0, 0.1) is 0 Å². The lowest BCUT2D eigenvalue weighted by Gasteiger charge is -2.33. The summed E-state index contributed by atoms with van der Waals surface area (Å²) in [6.07, 6.45) is 8.27. The van der Waals surface area contributed by atoms with Crippen LogP contribution in [0.1, 0.15) is 38.2 Å². The first-order valence-corrected chi connectivity index (χ1v) is 12.4. The van der Waals surface area contributed by atoms with Crippen molar-refractivity contribution in [3.05, 3.63) is 47.2 Å². The molecule has 2 fully saturated rings. The van der Waals surface area contributed by atoms with Crippen LogP contribution in [-0.4, -0.2) is 58.1 Å². The third kappa shape index (κ3) is 5.26. The summed E-state index contributed by atoms with van der Waals surface area (Å²) in [5.41, 5.74) is 3.37. The van der Waals surface area contributed by atoms with Gasteiger partial charge in [0.15, 0.2) is 5.65 Å². The Morgan fingerprint density at radius 3 is 2.73 bits per heavy atom. The number of hydrogen-bond acceptors (Lipinski definition) is 6. The van der Waals surface area contributed by atoms with Crippen molar-refractivity contribution in [1.29, 1.82) is 0 Å². The van der Waals surface area contributed by atoms with Gasteiger partial charge in [-0.25, -0.2) is 9.67 Å². The second-order valence-corrected chi connectivity index (χ2v) is 9.37. The number of halogens is 1. The average molecular weight is 470 g/mol. The number of fused-ring (bicyclic) bond motifs is 1. The number of anilines is 1. The maximum absolute atomic E-state index is 6.17. The molecule has 0 bridgehead atoms. The van der Waals surface area contributed by atoms with Gasteiger partial charge in [-0.2, -0.15) is 5.10 Å². The summed E-state index contributed by atoms with van der Waals surface area (Å²) in [6.45, 7) is 7.40. The zero-order valence-corrected chi connectivity index (χ0v) is 19.9. The van der Waals surface area contributed by atoms with Crippen LogP contribution in [0.2, 0.25) is 5.02 Å². The second kappa shape index (κ2) is 10.3. The van der Waals surface area contributed by atoms with Crippen LogP contribution in [-0.2, 0) is 17.8 Å². The number of aromatic nitrogens is 3. The van der Waals surface area contributed by atoms with E-state index in [1.807, 2.05) is 41.3 Å². The highest BCUT2D eigenvalue weighted by Gasteiger charge is 2.24. The number of piperidine rings is 1. The van der Waals surface area contributed by atoms with Gasteiger partial charge in [0.2, 0.25) is 0 Å². The Morgan fingerprint density at radius 2 is 1.97 bits per heavy atom. The van der Waals surface area contributed by atoms with Gasteiger partial charge in [0.1, 0.15) is 11.9 Å². The molecule has 33 heavy (non-hydrogen) atoms. The van der Waals surface area contributed by atoms with Crippen molar-refractivity contribution < 1.29 is 9.47 Å². The topological polar surface area (TPSA) is 64.4 Å². The van der Waals surface area contributed by atoms with E-state index in [0.717, 1.165) is 81.9 Å². The van der Waals surface area contributed by atoms with Crippen LogP contribution >= 0.6 is 11.6 Å². The number of nitrogens with zero attached hydrogens (tertiary/aromatic N) is 4. The molecule has 0 aliphatic carbocycles. The Bertz CT molecular complexity index is 1070. The number of pyridine rings is 1. The molecule has 2 aliphatic rings. The minimum Gasteiger partial charge on any atom is -0.490 e. The minimum absolute atomic E-state index is 0.225. The van der Waals surface area contributed by atoms with Crippen molar-refractivity contribution in [3.8, 4) is 5.75 Å². The van der Waals surface area contributed by atoms with Gasteiger partial charge in [-0.1, -0.05) is 17.7 Å². The van der Waals surface area contributed by atoms with Crippen molar-refractivity contribution in [2.75, 3.05) is 31.6 Å². The van der Waals surface area contributed by atoms with Crippen molar-refractivity contribution in [2.45, 2.75) is 57.8 Å². The van der Waals surface area contributed by atoms with Crippen LogP contribution in [0.4, 0.5) is 5.69 Å². The molecule has 0 amide bonds. The molecule has 1 aromatic carbocycles. The maximum atomic E-state index is 6.17. The molecule has 2 saturated heterocycles. The van der Waals surface area contributed by atoms with E-state index in [1.165, 1.54) is 11.3 Å². The predicted molar refractivity (Wildman–Crippen MR) is 131 cm³/mol. The molecule has 2 aromatic heterocycles. The molecule has 4 heterocycles. The normalized spacial score (nSPS) is 18.6. The van der Waals surface area contributed by atoms with E-state index in [2.05, 4.69) is 22.2 Å². The highest BCUT2D eigenvalue weighted by Crippen LogP contribution is 2.30. The van der Waals surface area contributed by atoms with Gasteiger partial charge in [0, 0.05) is 62.2 Å². The number of ether oxygens (including phenoxy) is 2. The lowest BCUT2D eigenvalue weighted by Crippen LogP contribution is -2.38. The van der Waals surface area contributed by atoms with E-state index in [0.29, 0.717) is 11.1 Å². The molecule has 0 unspecified atom stereocenters. The van der Waals surface area contributed by atoms with E-state index >= 15 is 0 Å². The van der Waals surface area contributed by atoms with Crippen LogP contribution in [0.3, 0.4) is 0 Å². The second-order valence-electron chi connectivity index (χ2n) is 8.94. The SMILES string of the molecule is CCn1ncc2c(NC3CCOCC3)c(CN3CCC(Oc4cccc(Cl)c4)CC3)cnc21. The fraction of sp³-hybridized carbons (Fsp3) is 0.520. The van der Waals surface area contributed by atoms with Crippen molar-refractivity contribution in [1.82, 2.24) is 19.7 Å². The minimum atomic E-state index is 0.225. The van der Waals surface area contributed by atoms with Crippen LogP contribution in [0.15, 0.2) is 36.7 Å². The number of nitrogens with one attached hydrogen (secondary N) is 1. The third-order valence-corrected chi connectivity index (χ3v) is 6.88. The van der Waals surface area contributed by atoms with Gasteiger partial charge in [0.05, 0.1) is 17.3 Å². The number of hydrogen-bond donors (Lipinski definition) is 1. The summed E-state index contributed by atoms with van der Waals surface area (Å²) in [4.78, 5) is 7.28. The highest BCUT2D eigenvalue weighted by molar-refractivity contribution is 6.30. The summed E-state index contributed by atoms with van der Waals surface area (Å²) in [5, 5.41) is 10.2. The molecule has 176 valence electrons. The summed E-state index contributed by atoms with van der Waals surface area (Å²) in [6, 6.07) is 8.09. The number of aryl methyl sites for hydroxylation is 1. The lowest BCUT2D eigenvalue weighted by molar-refractivity contribution is 0.0903. The van der Waals surface area contributed by atoms with Gasteiger partial charge < -0.3 is 14.8 Å². The molecule has 0 spiro atoms. The van der Waals surface area contributed by atoms with E-state index in [-0.39, 0.29) is 6.10 Å². The predicted octanol–water partition coefficient (Wildman–Crippen LogP) is 4.74. The lowest BCUT2D eigenvalue weighted by atomic mass is 10.0. The van der Waals surface area contributed by atoms with Crippen molar-refractivity contribution >= 4 is 28.3 Å². The number of rotatable bonds is 7. The van der Waals surface area contributed by atoms with Gasteiger partial charge in [-0.15, -0.1) is 0 Å². The molecule has 0 atom stereocenters. The summed E-state index contributed by atoms with van der Waals surface area (Å²) in [5.74, 6) is 0.853. The fourth-order valence-corrected chi connectivity index (χ4v) is 4.97. The summed E-state index contributed by atoms with van der Waals surface area (Å²) >= 11 is 6.10. The monoisotopic (exact) mass is 469 g/mol. The molecule has 8 heteroatoms. The molecular formula is C25H32ClN5O2. The quantitative estimate of drug-likeness (QED) is 0.539. The van der Waals surface area contributed by atoms with Crippen LogP contribution < -0.4 is 10.1 Å². The molecule has 0 radical (unpaired) electrons. The summed E-state index contributed by atoms with van der Waals surface area (Å²) in [7, 11) is 0. The van der Waals surface area contributed by atoms with Crippen molar-refractivity contribution in [3.63, 3.8) is 0 Å². The zero-order chi connectivity index (χ0) is 22.6. The zero-order valence-electron chi connectivity index (χ0n) is 19.2. The van der Waals surface area contributed by atoms with Gasteiger partial charge in [0.25, 0.3) is 0 Å². The largest absolute Gasteiger partial charge is 0.490 e. The first-order chi connectivity index (χ1) is 16.2. The van der Waals surface area contributed by atoms with Crippen LogP contribution in [0.5, 0.6) is 5.75 Å². The molecule has 3 aromatic rings. The molecule has 5 rings (SSSR count). The van der Waals surface area contributed by atoms with E-state index in [4.69, 9.17) is 26.1 Å². The average Bonchev–Trinajstić information content (AvgIpc) is 3.26. The number of benzene rings is 1. The molecule has 1 N–H and O–H groups in total. The van der Waals surface area contributed by atoms with E-state index in [1.54, 1.807) is 0 Å². The first kappa shape index (κ1) is 22.4. The van der Waals surface area contributed by atoms with E-state index < -0.39 is 0 Å². The van der Waals surface area contributed by atoms with E-state index in [9.17, 15) is 0 Å². The molecule has 7 nitrogen and oxygen atoms in total. The Balaban J connectivity index is 1.28. The summed E-state index contributed by atoms with van der Waals surface area (Å²) < 4.78 is 13.7. The molecule has 2 aliphatic heterocycles. The Morgan fingerprint density at radius 1 is 1.15 bits per heavy atom. The third-order valence-electron chi connectivity index (χ3n) is 6.64. The Hall–Kier alpha value is -2.35.